The van der Waals surface area contributed by atoms with E-state index in [0.717, 1.165) is 88.2 Å². The fourth-order valence-electron chi connectivity index (χ4n) is 6.74. The Bertz CT molecular complexity index is 2620. The second-order valence-corrected chi connectivity index (χ2v) is 14.1. The fraction of sp³-hybridized carbons (Fsp3) is 0.0476. The maximum atomic E-state index is 12.3. The lowest BCUT2D eigenvalue weighted by Gasteiger charge is -2.06. The van der Waals surface area contributed by atoms with E-state index < -0.39 is 11.9 Å². The van der Waals surface area contributed by atoms with E-state index in [1.165, 1.54) is 36.9 Å². The van der Waals surface area contributed by atoms with E-state index in [1.54, 1.807) is 36.7 Å². The summed E-state index contributed by atoms with van der Waals surface area (Å²) >= 11 is 3.06. The van der Waals surface area contributed by atoms with Gasteiger partial charge in [0.2, 0.25) is 0 Å². The van der Waals surface area contributed by atoms with Gasteiger partial charge in [-0.3, -0.25) is 0 Å². The van der Waals surface area contributed by atoms with Gasteiger partial charge in [0.25, 0.3) is 0 Å². The summed E-state index contributed by atoms with van der Waals surface area (Å²) in [6.45, 7) is 0. The highest BCUT2D eigenvalue weighted by atomic mass is 32.1. The first kappa shape index (κ1) is 33.1. The smallest absolute Gasteiger partial charge is 0.337 e. The minimum atomic E-state index is -0.406. The molecule has 0 saturated heterocycles. The molecule has 9 rings (SSSR count). The first-order valence-electron chi connectivity index (χ1n) is 16.8. The lowest BCUT2D eigenvalue weighted by molar-refractivity contribution is 0.0592. The van der Waals surface area contributed by atoms with Crippen molar-refractivity contribution in [3.8, 4) is 43.4 Å². The Kier molecular flexibility index (Phi) is 8.37. The van der Waals surface area contributed by atoms with E-state index in [4.69, 9.17) is 29.4 Å². The molecule has 0 saturated carbocycles. The number of aromatic nitrogens is 6. The maximum Gasteiger partial charge on any atom is 0.337 e. The number of fused-ring (bicyclic) bond motifs is 8. The highest BCUT2D eigenvalue weighted by molar-refractivity contribution is 7.13. The van der Waals surface area contributed by atoms with Crippen LogP contribution in [0.15, 0.2) is 96.0 Å². The number of nitrogens with zero attached hydrogens (tertiary/aromatic N) is 4. The van der Waals surface area contributed by atoms with Crippen LogP contribution in [-0.2, 0) is 9.47 Å². The average molecular weight is 745 g/mol. The van der Waals surface area contributed by atoms with Crippen molar-refractivity contribution in [2.45, 2.75) is 0 Å². The largest absolute Gasteiger partial charge is 0.465 e. The summed E-state index contributed by atoms with van der Waals surface area (Å²) in [7, 11) is 2.74. The molecule has 2 aliphatic heterocycles. The number of H-pyrrole nitrogens is 2. The Hall–Kier alpha value is -6.76. The molecule has 7 heterocycles. The summed E-state index contributed by atoms with van der Waals surface area (Å²) < 4.78 is 9.92. The number of carbonyl (C=O) groups is 2. The van der Waals surface area contributed by atoms with E-state index >= 15 is 0 Å². The van der Waals surface area contributed by atoms with Crippen molar-refractivity contribution >= 4 is 81.0 Å². The van der Waals surface area contributed by atoms with Crippen LogP contribution in [-0.4, -0.2) is 56.1 Å². The molecule has 0 unspecified atom stereocenters. The van der Waals surface area contributed by atoms with Crippen molar-refractivity contribution in [2.75, 3.05) is 14.2 Å². The third kappa shape index (κ3) is 5.83. The molecular weight excluding hydrogens is 717 g/mol. The van der Waals surface area contributed by atoms with Gasteiger partial charge in [-0.15, -0.1) is 22.7 Å². The monoisotopic (exact) mass is 744 g/mol. The summed E-state index contributed by atoms with van der Waals surface area (Å²) in [5.41, 5.74) is 12.3. The highest BCUT2D eigenvalue weighted by Crippen LogP contribution is 2.39. The lowest BCUT2D eigenvalue weighted by Crippen LogP contribution is -2.00. The van der Waals surface area contributed by atoms with Crippen LogP contribution >= 0.6 is 22.7 Å². The molecule has 54 heavy (non-hydrogen) atoms. The molecule has 262 valence electrons. The number of rotatable bonds is 6. The van der Waals surface area contributed by atoms with Gasteiger partial charge in [0.05, 0.1) is 70.3 Å². The normalized spacial score (nSPS) is 11.9. The molecule has 2 aliphatic rings. The van der Waals surface area contributed by atoms with Gasteiger partial charge in [-0.1, -0.05) is 24.3 Å². The summed E-state index contributed by atoms with van der Waals surface area (Å²) in [4.78, 5) is 51.9. The van der Waals surface area contributed by atoms with Crippen molar-refractivity contribution in [2.24, 2.45) is 0 Å². The number of ether oxygens (including phenoxy) is 2. The van der Waals surface area contributed by atoms with Gasteiger partial charge >= 0.3 is 11.9 Å². The molecule has 7 aromatic rings. The topological polar surface area (TPSA) is 136 Å². The number of methoxy groups -OCH3 is 2. The zero-order valence-electron chi connectivity index (χ0n) is 28.8. The van der Waals surface area contributed by atoms with Crippen LogP contribution < -0.4 is 0 Å². The van der Waals surface area contributed by atoms with E-state index in [1.807, 2.05) is 83.6 Å². The van der Waals surface area contributed by atoms with Crippen molar-refractivity contribution < 1.29 is 19.1 Å². The number of hydrogen-bond acceptors (Lipinski definition) is 10. The molecule has 5 aromatic heterocycles. The predicted octanol–water partition coefficient (Wildman–Crippen LogP) is 9.81. The molecule has 8 bridgehead atoms. The van der Waals surface area contributed by atoms with Crippen LogP contribution in [0.5, 0.6) is 0 Å². The first-order chi connectivity index (χ1) is 26.5. The van der Waals surface area contributed by atoms with Gasteiger partial charge in [0.15, 0.2) is 0 Å². The molecule has 0 atom stereocenters. The number of hydrogen-bond donors (Lipinski definition) is 2. The van der Waals surface area contributed by atoms with Crippen molar-refractivity contribution in [1.82, 2.24) is 29.9 Å². The lowest BCUT2D eigenvalue weighted by atomic mass is 10.0. The minimum absolute atomic E-state index is 0.406. The maximum absolute atomic E-state index is 12.3. The van der Waals surface area contributed by atoms with E-state index in [9.17, 15) is 9.59 Å². The second kappa shape index (κ2) is 13.7. The molecule has 0 amide bonds. The molecule has 2 aromatic carbocycles. The van der Waals surface area contributed by atoms with Crippen LogP contribution in [0.25, 0.3) is 89.8 Å². The molecule has 2 N–H and O–H groups in total. The third-order valence-corrected chi connectivity index (χ3v) is 10.8. The number of esters is 2. The van der Waals surface area contributed by atoms with Crippen LogP contribution in [0.1, 0.15) is 43.5 Å². The number of nitrogens with one attached hydrogen (secondary N) is 2. The Morgan fingerprint density at radius 2 is 0.852 bits per heavy atom. The van der Waals surface area contributed by atoms with Gasteiger partial charge in [-0.05, 0) is 84.0 Å². The zero-order chi connectivity index (χ0) is 36.8. The zero-order valence-corrected chi connectivity index (χ0v) is 30.4. The van der Waals surface area contributed by atoms with Gasteiger partial charge in [0.1, 0.15) is 10.0 Å². The molecule has 0 fully saturated rings. The first-order valence-corrected chi connectivity index (χ1v) is 18.6. The van der Waals surface area contributed by atoms with Gasteiger partial charge in [0, 0.05) is 45.3 Å². The molecule has 0 aliphatic carbocycles. The van der Waals surface area contributed by atoms with Crippen LogP contribution in [0.2, 0.25) is 0 Å². The SMILES string of the molecule is COC(=O)c1ccc(-c2c3nc(c(-c4nccs4)c4ccc([nH]4)c(-c4ccc(C(=O)OC)cc4)c4nc(c(-c5nccs5)c5ccc2[nH]5)C=C4)C=C3)cc1. The molecule has 0 radical (unpaired) electrons. The van der Waals surface area contributed by atoms with Gasteiger partial charge in [-0.2, -0.15) is 0 Å². The number of benzene rings is 2. The average Bonchev–Trinajstić information content (AvgIpc) is 4.06. The van der Waals surface area contributed by atoms with Crippen LogP contribution in [0.4, 0.5) is 0 Å². The molecule has 12 heteroatoms. The Morgan fingerprint density at radius 1 is 0.500 bits per heavy atom. The minimum Gasteiger partial charge on any atom is -0.465 e. The number of thiazole rings is 2. The van der Waals surface area contributed by atoms with E-state index in [0.29, 0.717) is 11.1 Å². The van der Waals surface area contributed by atoms with Crippen molar-refractivity contribution in [1.29, 1.82) is 0 Å². The van der Waals surface area contributed by atoms with Gasteiger partial charge in [-0.25, -0.2) is 29.5 Å². The molecule has 0 spiro atoms. The van der Waals surface area contributed by atoms with Crippen LogP contribution in [0.3, 0.4) is 0 Å². The standard InChI is InChI=1S/C42H28N6O4S2/c1-51-41(49)25-7-3-23(4-8-25)35-27-11-15-31(45-27)37(39-43-19-21-53-39)33-17-13-29(47-33)36(24-5-9-26(10-6-24)42(50)52-2)30-14-18-34(48-30)38(40-44-20-22-54-40)32-16-12-28(35)46-32/h3-22,45,48H,1-2H3. The van der Waals surface area contributed by atoms with Crippen molar-refractivity contribution in [3.05, 3.63) is 130 Å². The predicted molar refractivity (Wildman–Crippen MR) is 215 cm³/mol. The van der Waals surface area contributed by atoms with Gasteiger partial charge < -0.3 is 19.4 Å². The Labute approximate surface area is 316 Å². The summed E-state index contributed by atoms with van der Waals surface area (Å²) in [5.74, 6) is -0.812. The van der Waals surface area contributed by atoms with Crippen LogP contribution in [0, 0.1) is 0 Å². The number of carbonyl (C=O) groups excluding carboxylic acids is 2. The third-order valence-electron chi connectivity index (χ3n) is 9.24. The fourth-order valence-corrected chi connectivity index (χ4v) is 8.15. The molecular formula is C42H28N6O4S2. The molecule has 10 nitrogen and oxygen atoms in total. The highest BCUT2D eigenvalue weighted by Gasteiger charge is 2.20. The Balaban J connectivity index is 1.41. The second-order valence-electron chi connectivity index (χ2n) is 12.3. The summed E-state index contributed by atoms with van der Waals surface area (Å²) in [5, 5.41) is 5.51. The van der Waals surface area contributed by atoms with E-state index in [2.05, 4.69) is 9.97 Å². The van der Waals surface area contributed by atoms with Crippen molar-refractivity contribution in [3.63, 3.8) is 0 Å². The summed E-state index contributed by atoms with van der Waals surface area (Å²) in [6, 6.07) is 22.8. The van der Waals surface area contributed by atoms with E-state index in [-0.39, 0.29) is 0 Å². The Morgan fingerprint density at radius 3 is 1.19 bits per heavy atom. The summed E-state index contributed by atoms with van der Waals surface area (Å²) in [6.07, 6.45) is 11.6. The number of aromatic amines is 2. The quantitative estimate of drug-likeness (QED) is 0.161.